The molecule has 2 aromatic rings. The van der Waals surface area contributed by atoms with E-state index in [0.717, 1.165) is 35.9 Å². The average Bonchev–Trinajstić information content (AvgIpc) is 3.06. The van der Waals surface area contributed by atoms with Gasteiger partial charge in [-0.2, -0.15) is 5.10 Å². The predicted molar refractivity (Wildman–Crippen MR) is 80.8 cm³/mol. The van der Waals surface area contributed by atoms with Crippen LogP contribution in [0.5, 0.6) is 0 Å². The number of likely N-dealkylation sites (tertiary alicyclic amines) is 1. The van der Waals surface area contributed by atoms with Gasteiger partial charge >= 0.3 is 0 Å². The molecule has 1 aliphatic rings. The van der Waals surface area contributed by atoms with Gasteiger partial charge in [-0.1, -0.05) is 12.1 Å². The molecule has 1 unspecified atom stereocenters. The summed E-state index contributed by atoms with van der Waals surface area (Å²) in [5, 5.41) is 18.2. The van der Waals surface area contributed by atoms with Gasteiger partial charge in [0.15, 0.2) is 0 Å². The first-order valence-corrected chi connectivity index (χ1v) is 7.39. The number of carbonyl (C=O) groups is 1. The lowest BCUT2D eigenvalue weighted by molar-refractivity contribution is -0.135. The third-order valence-electron chi connectivity index (χ3n) is 4.25. The van der Waals surface area contributed by atoms with Gasteiger partial charge < -0.3 is 10.0 Å². The van der Waals surface area contributed by atoms with Gasteiger partial charge in [0, 0.05) is 11.9 Å². The fourth-order valence-corrected chi connectivity index (χ4v) is 3.17. The van der Waals surface area contributed by atoms with Crippen molar-refractivity contribution in [3.8, 4) is 0 Å². The number of rotatable bonds is 3. The summed E-state index contributed by atoms with van der Waals surface area (Å²) in [4.78, 5) is 14.4. The predicted octanol–water partition coefficient (Wildman–Crippen LogP) is 1.87. The largest absolute Gasteiger partial charge is 0.388 e. The van der Waals surface area contributed by atoms with E-state index in [2.05, 4.69) is 10.2 Å². The normalized spacial score (nSPS) is 19.4. The molecule has 0 saturated carbocycles. The first-order chi connectivity index (χ1) is 9.95. The zero-order chi connectivity index (χ0) is 15.0. The first kappa shape index (κ1) is 14.1. The highest BCUT2D eigenvalue weighted by Crippen LogP contribution is 2.27. The summed E-state index contributed by atoms with van der Waals surface area (Å²) in [6.45, 7) is 4.29. The molecule has 0 spiro atoms. The van der Waals surface area contributed by atoms with Crippen LogP contribution in [0.15, 0.2) is 24.4 Å². The van der Waals surface area contributed by atoms with Crippen molar-refractivity contribution < 1.29 is 9.90 Å². The van der Waals surface area contributed by atoms with Gasteiger partial charge in [0.1, 0.15) is 0 Å². The molecular formula is C16H21N3O2. The Bertz CT molecular complexity index is 657. The van der Waals surface area contributed by atoms with Crippen molar-refractivity contribution in [1.82, 2.24) is 15.1 Å². The molecular weight excluding hydrogens is 266 g/mol. The molecule has 5 heteroatoms. The maximum absolute atomic E-state index is 12.5. The van der Waals surface area contributed by atoms with E-state index in [9.17, 15) is 9.90 Å². The summed E-state index contributed by atoms with van der Waals surface area (Å²) in [6, 6.07) is 5.82. The van der Waals surface area contributed by atoms with Gasteiger partial charge in [-0.05, 0) is 38.3 Å². The van der Waals surface area contributed by atoms with Crippen molar-refractivity contribution in [3.05, 3.63) is 30.0 Å². The molecule has 0 radical (unpaired) electrons. The molecule has 0 aliphatic carbocycles. The molecule has 0 bridgehead atoms. The highest BCUT2D eigenvalue weighted by molar-refractivity contribution is 5.83. The Morgan fingerprint density at radius 2 is 2.33 bits per heavy atom. The van der Waals surface area contributed by atoms with Crippen LogP contribution in [0, 0.1) is 0 Å². The number of carbonyl (C=O) groups excluding carboxylic acids is 1. The zero-order valence-electron chi connectivity index (χ0n) is 12.5. The lowest BCUT2D eigenvalue weighted by atomic mass is 9.96. The Morgan fingerprint density at radius 3 is 3.10 bits per heavy atom. The topological polar surface area (TPSA) is 69.2 Å². The number of aromatic amines is 1. The minimum absolute atomic E-state index is 0.0819. The van der Waals surface area contributed by atoms with Crippen LogP contribution in [-0.4, -0.2) is 44.3 Å². The number of benzene rings is 1. The fraction of sp³-hybridized carbons (Fsp3) is 0.500. The highest BCUT2D eigenvalue weighted by Gasteiger charge is 2.38. The van der Waals surface area contributed by atoms with Crippen molar-refractivity contribution in [3.63, 3.8) is 0 Å². The van der Waals surface area contributed by atoms with Gasteiger partial charge in [0.2, 0.25) is 5.91 Å². The Morgan fingerprint density at radius 1 is 1.52 bits per heavy atom. The molecule has 2 N–H and O–H groups in total. The van der Waals surface area contributed by atoms with Gasteiger partial charge in [0.25, 0.3) is 0 Å². The number of nitrogens with one attached hydrogen (secondary N) is 1. The third-order valence-corrected chi connectivity index (χ3v) is 4.25. The minimum atomic E-state index is -0.848. The summed E-state index contributed by atoms with van der Waals surface area (Å²) in [5.41, 5.74) is 1.07. The molecule has 1 amide bonds. The fourth-order valence-electron chi connectivity index (χ4n) is 3.17. The quantitative estimate of drug-likeness (QED) is 0.905. The van der Waals surface area contributed by atoms with E-state index >= 15 is 0 Å². The Labute approximate surface area is 124 Å². The van der Waals surface area contributed by atoms with Crippen molar-refractivity contribution in [2.45, 2.75) is 44.8 Å². The molecule has 5 nitrogen and oxygen atoms in total. The lowest BCUT2D eigenvalue weighted by Crippen LogP contribution is -2.48. The molecule has 2 heterocycles. The van der Waals surface area contributed by atoms with Gasteiger partial charge in [-0.15, -0.1) is 0 Å². The van der Waals surface area contributed by atoms with E-state index in [4.69, 9.17) is 0 Å². The summed E-state index contributed by atoms with van der Waals surface area (Å²) < 4.78 is 0. The van der Waals surface area contributed by atoms with E-state index in [1.54, 1.807) is 20.0 Å². The van der Waals surface area contributed by atoms with Crippen molar-refractivity contribution in [1.29, 1.82) is 0 Å². The SMILES string of the molecule is CC(C)(O)C1CCCN1C(=O)Cc1ccc2cn[nH]c2c1. The summed E-state index contributed by atoms with van der Waals surface area (Å²) in [5.74, 6) is 0.0819. The molecule has 1 aromatic carbocycles. The minimum Gasteiger partial charge on any atom is -0.388 e. The van der Waals surface area contributed by atoms with E-state index in [1.165, 1.54) is 0 Å². The van der Waals surface area contributed by atoms with Crippen LogP contribution in [-0.2, 0) is 11.2 Å². The second-order valence-electron chi connectivity index (χ2n) is 6.37. The van der Waals surface area contributed by atoms with E-state index in [-0.39, 0.29) is 11.9 Å². The third kappa shape index (κ3) is 2.78. The van der Waals surface area contributed by atoms with Crippen LogP contribution in [0.1, 0.15) is 32.3 Å². The molecule has 1 aromatic heterocycles. The van der Waals surface area contributed by atoms with Crippen LogP contribution < -0.4 is 0 Å². The number of hydrogen-bond acceptors (Lipinski definition) is 3. The molecule has 1 aliphatic heterocycles. The van der Waals surface area contributed by atoms with E-state index in [0.29, 0.717) is 6.42 Å². The maximum atomic E-state index is 12.5. The van der Waals surface area contributed by atoms with Crippen molar-refractivity contribution >= 4 is 16.8 Å². The average molecular weight is 287 g/mol. The Hall–Kier alpha value is -1.88. The Balaban J connectivity index is 1.76. The smallest absolute Gasteiger partial charge is 0.227 e. The first-order valence-electron chi connectivity index (χ1n) is 7.39. The standard InChI is InChI=1S/C16H21N3O2/c1-16(2,21)14-4-3-7-19(14)15(20)9-11-5-6-12-10-17-18-13(12)8-11/h5-6,8,10,14,21H,3-4,7,9H2,1-2H3,(H,17,18). The van der Waals surface area contributed by atoms with Gasteiger partial charge in [-0.25, -0.2) is 0 Å². The molecule has 1 atom stereocenters. The summed E-state index contributed by atoms with van der Waals surface area (Å²) in [6.07, 6.45) is 3.96. The van der Waals surface area contributed by atoms with Crippen molar-refractivity contribution in [2.24, 2.45) is 0 Å². The summed E-state index contributed by atoms with van der Waals surface area (Å²) in [7, 11) is 0. The maximum Gasteiger partial charge on any atom is 0.227 e. The van der Waals surface area contributed by atoms with Crippen LogP contribution >= 0.6 is 0 Å². The molecule has 21 heavy (non-hydrogen) atoms. The summed E-state index contributed by atoms with van der Waals surface area (Å²) >= 11 is 0. The Kier molecular flexibility index (Phi) is 3.45. The molecule has 1 saturated heterocycles. The monoisotopic (exact) mass is 287 g/mol. The number of nitrogens with zero attached hydrogens (tertiary/aromatic N) is 2. The lowest BCUT2D eigenvalue weighted by Gasteiger charge is -2.33. The van der Waals surface area contributed by atoms with Crippen LogP contribution in [0.25, 0.3) is 10.9 Å². The number of fused-ring (bicyclic) bond motifs is 1. The van der Waals surface area contributed by atoms with Gasteiger partial charge in [0.05, 0.1) is 29.8 Å². The van der Waals surface area contributed by atoms with E-state index in [1.807, 2.05) is 23.1 Å². The molecule has 1 fully saturated rings. The second-order valence-corrected chi connectivity index (χ2v) is 6.37. The molecule has 3 rings (SSSR count). The number of aromatic nitrogens is 2. The number of amides is 1. The van der Waals surface area contributed by atoms with Crippen LogP contribution in [0.3, 0.4) is 0 Å². The van der Waals surface area contributed by atoms with Crippen LogP contribution in [0.4, 0.5) is 0 Å². The van der Waals surface area contributed by atoms with Gasteiger partial charge in [-0.3, -0.25) is 9.89 Å². The van der Waals surface area contributed by atoms with Crippen molar-refractivity contribution in [2.75, 3.05) is 6.54 Å². The zero-order valence-corrected chi connectivity index (χ0v) is 12.5. The number of H-pyrrole nitrogens is 1. The number of hydrogen-bond donors (Lipinski definition) is 2. The van der Waals surface area contributed by atoms with E-state index < -0.39 is 5.60 Å². The highest BCUT2D eigenvalue weighted by atomic mass is 16.3. The van der Waals surface area contributed by atoms with Crippen LogP contribution in [0.2, 0.25) is 0 Å². The second kappa shape index (κ2) is 5.15. The number of aliphatic hydroxyl groups is 1. The molecule has 112 valence electrons.